The first kappa shape index (κ1) is 21.1. The summed E-state index contributed by atoms with van der Waals surface area (Å²) in [5.41, 5.74) is 1.50. The molecule has 2 aromatic rings. The fourth-order valence-corrected chi connectivity index (χ4v) is 4.65. The van der Waals surface area contributed by atoms with Gasteiger partial charge in [-0.2, -0.15) is 11.8 Å². The van der Waals surface area contributed by atoms with Crippen molar-refractivity contribution in [2.24, 2.45) is 0 Å². The van der Waals surface area contributed by atoms with E-state index in [4.69, 9.17) is 23.2 Å². The smallest absolute Gasteiger partial charge is 0.240 e. The van der Waals surface area contributed by atoms with Crippen LogP contribution in [0.1, 0.15) is 12.5 Å². The normalized spacial score (nSPS) is 11.3. The van der Waals surface area contributed by atoms with Crippen LogP contribution in [0.2, 0.25) is 10.0 Å². The van der Waals surface area contributed by atoms with Crippen molar-refractivity contribution in [1.29, 1.82) is 0 Å². The van der Waals surface area contributed by atoms with Gasteiger partial charge in [-0.05, 0) is 42.0 Å². The Balaban J connectivity index is 1.81. The van der Waals surface area contributed by atoms with Gasteiger partial charge in [0.25, 0.3) is 0 Å². The lowest BCUT2D eigenvalue weighted by atomic mass is 10.2. The summed E-state index contributed by atoms with van der Waals surface area (Å²) in [6, 6.07) is 11.3. The number of sulfonamides is 1. The Bertz CT molecular complexity index is 872. The lowest BCUT2D eigenvalue weighted by molar-refractivity contribution is -0.114. The van der Waals surface area contributed by atoms with Crippen molar-refractivity contribution in [3.63, 3.8) is 0 Å². The van der Waals surface area contributed by atoms with Gasteiger partial charge in [0.1, 0.15) is 0 Å². The van der Waals surface area contributed by atoms with Gasteiger partial charge in [-0.15, -0.1) is 0 Å². The highest BCUT2D eigenvalue weighted by molar-refractivity contribution is 7.98. The molecule has 0 aliphatic carbocycles. The van der Waals surface area contributed by atoms with Crippen molar-refractivity contribution in [1.82, 2.24) is 4.72 Å². The molecule has 0 aliphatic rings. The highest BCUT2D eigenvalue weighted by atomic mass is 35.5. The first-order valence-electron chi connectivity index (χ1n) is 7.67. The molecule has 140 valence electrons. The standard InChI is InChI=1S/C17H18Cl2N2O3S2/c1-12(22)21-15-4-6-16(7-5-15)26(23,24)20-8-9-25-11-13-2-3-14(18)10-17(13)19/h2-7,10,20H,8-9,11H2,1H3,(H,21,22). The Morgan fingerprint density at radius 2 is 1.81 bits per heavy atom. The summed E-state index contributed by atoms with van der Waals surface area (Å²) in [6.07, 6.45) is 0. The second-order valence-electron chi connectivity index (χ2n) is 5.39. The third-order valence-corrected chi connectivity index (χ3v) is 6.37. The topological polar surface area (TPSA) is 75.3 Å². The number of hydrogen-bond acceptors (Lipinski definition) is 4. The van der Waals surface area contributed by atoms with Crippen LogP contribution in [0, 0.1) is 0 Å². The summed E-state index contributed by atoms with van der Waals surface area (Å²) in [5, 5.41) is 3.78. The SMILES string of the molecule is CC(=O)Nc1ccc(S(=O)(=O)NCCSCc2ccc(Cl)cc2Cl)cc1. The molecule has 2 rings (SSSR count). The molecule has 0 heterocycles. The predicted molar refractivity (Wildman–Crippen MR) is 109 cm³/mol. The number of carbonyl (C=O) groups is 1. The van der Waals surface area contributed by atoms with Crippen LogP contribution in [0.5, 0.6) is 0 Å². The molecule has 0 saturated heterocycles. The summed E-state index contributed by atoms with van der Waals surface area (Å²) in [5.74, 6) is 1.06. The van der Waals surface area contributed by atoms with E-state index in [-0.39, 0.29) is 10.8 Å². The number of carbonyl (C=O) groups excluding carboxylic acids is 1. The highest BCUT2D eigenvalue weighted by Crippen LogP contribution is 2.24. The molecule has 0 aliphatic heterocycles. The van der Waals surface area contributed by atoms with Crippen molar-refractivity contribution >= 4 is 56.6 Å². The van der Waals surface area contributed by atoms with Crippen molar-refractivity contribution in [3.8, 4) is 0 Å². The number of rotatable bonds is 8. The highest BCUT2D eigenvalue weighted by Gasteiger charge is 2.13. The monoisotopic (exact) mass is 432 g/mol. The summed E-state index contributed by atoms with van der Waals surface area (Å²) in [6.45, 7) is 1.69. The molecule has 2 aromatic carbocycles. The first-order chi connectivity index (χ1) is 12.3. The molecule has 2 N–H and O–H groups in total. The molecule has 0 unspecified atom stereocenters. The predicted octanol–water partition coefficient (Wildman–Crippen LogP) is 4.16. The zero-order valence-electron chi connectivity index (χ0n) is 14.0. The van der Waals surface area contributed by atoms with Crippen LogP contribution < -0.4 is 10.0 Å². The maximum Gasteiger partial charge on any atom is 0.240 e. The zero-order chi connectivity index (χ0) is 19.2. The fraction of sp³-hybridized carbons (Fsp3) is 0.235. The molecule has 0 bridgehead atoms. The van der Waals surface area contributed by atoms with Crippen LogP contribution in [0.4, 0.5) is 5.69 Å². The maximum atomic E-state index is 12.2. The fourth-order valence-electron chi connectivity index (χ4n) is 2.07. The van der Waals surface area contributed by atoms with Crippen LogP contribution in [-0.4, -0.2) is 26.6 Å². The van der Waals surface area contributed by atoms with Crippen LogP contribution in [0.15, 0.2) is 47.4 Å². The average molecular weight is 433 g/mol. The van der Waals surface area contributed by atoms with Gasteiger partial charge in [0.05, 0.1) is 4.90 Å². The van der Waals surface area contributed by atoms with Crippen molar-refractivity contribution in [2.45, 2.75) is 17.6 Å². The van der Waals surface area contributed by atoms with E-state index in [2.05, 4.69) is 10.0 Å². The Morgan fingerprint density at radius 1 is 1.12 bits per heavy atom. The van der Waals surface area contributed by atoms with Crippen molar-refractivity contribution < 1.29 is 13.2 Å². The Hall–Kier alpha value is -1.25. The van der Waals surface area contributed by atoms with E-state index in [1.165, 1.54) is 19.1 Å². The van der Waals surface area contributed by atoms with Gasteiger partial charge in [0, 0.05) is 40.7 Å². The molecule has 0 fully saturated rings. The van der Waals surface area contributed by atoms with Gasteiger partial charge < -0.3 is 5.32 Å². The Morgan fingerprint density at radius 3 is 2.42 bits per heavy atom. The van der Waals surface area contributed by atoms with E-state index in [1.54, 1.807) is 36.0 Å². The number of hydrogen-bond donors (Lipinski definition) is 2. The summed E-state index contributed by atoms with van der Waals surface area (Å²) < 4.78 is 27.0. The first-order valence-corrected chi connectivity index (χ1v) is 11.1. The van der Waals surface area contributed by atoms with E-state index in [1.807, 2.05) is 6.07 Å². The van der Waals surface area contributed by atoms with Gasteiger partial charge in [0.2, 0.25) is 15.9 Å². The van der Waals surface area contributed by atoms with Crippen LogP contribution >= 0.6 is 35.0 Å². The molecule has 0 aromatic heterocycles. The number of amides is 1. The molecule has 1 amide bonds. The molecule has 26 heavy (non-hydrogen) atoms. The quantitative estimate of drug-likeness (QED) is 0.613. The summed E-state index contributed by atoms with van der Waals surface area (Å²) in [7, 11) is -3.58. The molecule has 9 heteroatoms. The number of anilines is 1. The third kappa shape index (κ3) is 6.48. The lowest BCUT2D eigenvalue weighted by Gasteiger charge is -2.08. The largest absolute Gasteiger partial charge is 0.326 e. The molecule has 0 radical (unpaired) electrons. The van der Waals surface area contributed by atoms with Gasteiger partial charge in [-0.1, -0.05) is 29.3 Å². The third-order valence-electron chi connectivity index (χ3n) is 3.30. The summed E-state index contributed by atoms with van der Waals surface area (Å²) in [4.78, 5) is 11.1. The van der Waals surface area contributed by atoms with Crippen molar-refractivity contribution in [3.05, 3.63) is 58.1 Å². The Kier molecular flexibility index (Phi) is 7.79. The second kappa shape index (κ2) is 9.62. The average Bonchev–Trinajstić information content (AvgIpc) is 2.56. The number of halogens is 2. The molecular weight excluding hydrogens is 415 g/mol. The number of benzene rings is 2. The van der Waals surface area contributed by atoms with Gasteiger partial charge in [-0.3, -0.25) is 4.79 Å². The number of nitrogens with one attached hydrogen (secondary N) is 2. The number of thioether (sulfide) groups is 1. The van der Waals surface area contributed by atoms with Gasteiger partial charge >= 0.3 is 0 Å². The van der Waals surface area contributed by atoms with Crippen LogP contribution in [0.25, 0.3) is 0 Å². The molecule has 0 spiro atoms. The van der Waals surface area contributed by atoms with E-state index in [0.717, 1.165) is 5.56 Å². The summed E-state index contributed by atoms with van der Waals surface area (Å²) >= 11 is 13.5. The zero-order valence-corrected chi connectivity index (χ0v) is 17.1. The van der Waals surface area contributed by atoms with Crippen LogP contribution in [0.3, 0.4) is 0 Å². The molecule has 0 saturated carbocycles. The molecule has 5 nitrogen and oxygen atoms in total. The maximum absolute atomic E-state index is 12.2. The van der Waals surface area contributed by atoms with Crippen molar-refractivity contribution in [2.75, 3.05) is 17.6 Å². The molecule has 0 atom stereocenters. The Labute approximate surface area is 167 Å². The minimum atomic E-state index is -3.58. The van der Waals surface area contributed by atoms with E-state index < -0.39 is 10.0 Å². The molecular formula is C17H18Cl2N2O3S2. The van der Waals surface area contributed by atoms with E-state index in [0.29, 0.717) is 33.8 Å². The van der Waals surface area contributed by atoms with Gasteiger partial charge in [-0.25, -0.2) is 13.1 Å². The van der Waals surface area contributed by atoms with Crippen LogP contribution in [-0.2, 0) is 20.6 Å². The van der Waals surface area contributed by atoms with E-state index >= 15 is 0 Å². The minimum absolute atomic E-state index is 0.150. The lowest BCUT2D eigenvalue weighted by Crippen LogP contribution is -2.26. The second-order valence-corrected chi connectivity index (χ2v) is 9.11. The van der Waals surface area contributed by atoms with E-state index in [9.17, 15) is 13.2 Å². The van der Waals surface area contributed by atoms with Gasteiger partial charge in [0.15, 0.2) is 0 Å². The minimum Gasteiger partial charge on any atom is -0.326 e.